The fraction of sp³-hybridized carbons (Fsp3) is 0.0870. The molecule has 28 heavy (non-hydrogen) atoms. The van der Waals surface area contributed by atoms with Gasteiger partial charge in [0.25, 0.3) is 0 Å². The maximum absolute atomic E-state index is 12.3. The van der Waals surface area contributed by atoms with Gasteiger partial charge in [0.2, 0.25) is 5.91 Å². The van der Waals surface area contributed by atoms with Crippen LogP contribution in [0.5, 0.6) is 0 Å². The van der Waals surface area contributed by atoms with Crippen molar-refractivity contribution in [3.05, 3.63) is 103 Å². The largest absolute Gasteiger partial charge is 0.352 e. The molecule has 4 aromatic rings. The van der Waals surface area contributed by atoms with Crippen molar-refractivity contribution in [1.29, 1.82) is 0 Å². The van der Waals surface area contributed by atoms with Crippen LogP contribution in [0.15, 0.2) is 91.6 Å². The third-order valence-corrected chi connectivity index (χ3v) is 4.49. The number of nitrogens with one attached hydrogen (secondary N) is 1. The lowest BCUT2D eigenvalue weighted by atomic mass is 10.0. The Balaban J connectivity index is 1.31. The Morgan fingerprint density at radius 2 is 1.64 bits per heavy atom. The second-order valence-electron chi connectivity index (χ2n) is 6.51. The lowest BCUT2D eigenvalue weighted by Crippen LogP contribution is -2.24. The van der Waals surface area contributed by atoms with Crippen molar-refractivity contribution >= 4 is 5.91 Å². The van der Waals surface area contributed by atoms with Crippen molar-refractivity contribution in [1.82, 2.24) is 19.9 Å². The van der Waals surface area contributed by atoms with Crippen molar-refractivity contribution in [3.8, 4) is 16.9 Å². The predicted molar refractivity (Wildman–Crippen MR) is 109 cm³/mol. The zero-order chi connectivity index (χ0) is 19.2. The normalized spacial score (nSPS) is 10.6. The molecule has 0 aliphatic carbocycles. The Morgan fingerprint density at radius 1 is 0.893 bits per heavy atom. The van der Waals surface area contributed by atoms with E-state index in [-0.39, 0.29) is 5.91 Å². The number of aromatic nitrogens is 3. The number of carbonyl (C=O) groups is 1. The molecule has 0 saturated heterocycles. The molecule has 0 radical (unpaired) electrons. The molecule has 2 aromatic carbocycles. The molecule has 0 aliphatic heterocycles. The molecule has 0 aliphatic rings. The monoisotopic (exact) mass is 368 g/mol. The zero-order valence-corrected chi connectivity index (χ0v) is 15.3. The Bertz CT molecular complexity index is 1020. The Labute approximate surface area is 163 Å². The van der Waals surface area contributed by atoms with Crippen LogP contribution in [0.1, 0.15) is 11.1 Å². The number of rotatable bonds is 6. The molecular weight excluding hydrogens is 348 g/mol. The first-order valence-corrected chi connectivity index (χ1v) is 9.12. The molecule has 0 unspecified atom stereocenters. The average molecular weight is 368 g/mol. The van der Waals surface area contributed by atoms with Crippen LogP contribution in [0.4, 0.5) is 0 Å². The topological polar surface area (TPSA) is 59.8 Å². The molecule has 1 N–H and O–H groups in total. The predicted octanol–water partition coefficient (Wildman–Crippen LogP) is 3.79. The highest BCUT2D eigenvalue weighted by atomic mass is 16.1. The molecule has 0 saturated carbocycles. The molecule has 5 heteroatoms. The highest BCUT2D eigenvalue weighted by Gasteiger charge is 2.05. The van der Waals surface area contributed by atoms with E-state index in [2.05, 4.69) is 39.6 Å². The van der Waals surface area contributed by atoms with Crippen LogP contribution in [-0.4, -0.2) is 20.4 Å². The van der Waals surface area contributed by atoms with Gasteiger partial charge in [-0.25, -0.2) is 9.97 Å². The number of benzene rings is 2. The van der Waals surface area contributed by atoms with Gasteiger partial charge < -0.3 is 5.32 Å². The Hall–Kier alpha value is -3.73. The lowest BCUT2D eigenvalue weighted by Gasteiger charge is -2.07. The minimum absolute atomic E-state index is 0.00820. The molecule has 0 spiro atoms. The summed E-state index contributed by atoms with van der Waals surface area (Å²) in [7, 11) is 0. The number of carbonyl (C=O) groups excluding carboxylic acids is 1. The molecule has 2 heterocycles. The van der Waals surface area contributed by atoms with Gasteiger partial charge in [-0.05, 0) is 28.3 Å². The third kappa shape index (κ3) is 4.32. The SMILES string of the molecule is O=C(Cc1ccc(-c2ccccc2)cc1)NCc1ccc(-n2ccnc2)nc1. The fourth-order valence-electron chi connectivity index (χ4n) is 2.96. The van der Waals surface area contributed by atoms with E-state index >= 15 is 0 Å². The summed E-state index contributed by atoms with van der Waals surface area (Å²) in [6, 6.07) is 22.2. The number of hydrogen-bond donors (Lipinski definition) is 1. The van der Waals surface area contributed by atoms with Crippen LogP contribution in [0.2, 0.25) is 0 Å². The van der Waals surface area contributed by atoms with Crippen molar-refractivity contribution in [2.45, 2.75) is 13.0 Å². The van der Waals surface area contributed by atoms with E-state index in [1.165, 1.54) is 5.56 Å². The molecule has 2 aromatic heterocycles. The number of imidazole rings is 1. The van der Waals surface area contributed by atoms with Gasteiger partial charge in [0.1, 0.15) is 12.1 Å². The maximum Gasteiger partial charge on any atom is 0.224 e. The van der Waals surface area contributed by atoms with Gasteiger partial charge in [0, 0.05) is 25.1 Å². The summed E-state index contributed by atoms with van der Waals surface area (Å²) in [5.41, 5.74) is 4.27. The van der Waals surface area contributed by atoms with Crippen molar-refractivity contribution in [2.24, 2.45) is 0 Å². The quantitative estimate of drug-likeness (QED) is 0.563. The number of amides is 1. The van der Waals surface area contributed by atoms with E-state index in [0.29, 0.717) is 13.0 Å². The zero-order valence-electron chi connectivity index (χ0n) is 15.3. The minimum atomic E-state index is -0.00820. The minimum Gasteiger partial charge on any atom is -0.352 e. The van der Waals surface area contributed by atoms with E-state index in [1.54, 1.807) is 18.7 Å². The summed E-state index contributed by atoms with van der Waals surface area (Å²) in [4.78, 5) is 20.7. The summed E-state index contributed by atoms with van der Waals surface area (Å²) in [6.07, 6.45) is 7.38. The Kier molecular flexibility index (Phi) is 5.24. The molecule has 4 rings (SSSR count). The Morgan fingerprint density at radius 3 is 2.32 bits per heavy atom. The van der Waals surface area contributed by atoms with Gasteiger partial charge in [-0.15, -0.1) is 0 Å². The molecule has 0 fully saturated rings. The summed E-state index contributed by atoms with van der Waals surface area (Å²) < 4.78 is 1.83. The van der Waals surface area contributed by atoms with Gasteiger partial charge in [-0.1, -0.05) is 60.7 Å². The highest BCUT2D eigenvalue weighted by molar-refractivity contribution is 5.78. The fourth-order valence-corrected chi connectivity index (χ4v) is 2.96. The summed E-state index contributed by atoms with van der Waals surface area (Å²) in [5, 5.41) is 2.95. The first-order chi connectivity index (χ1) is 13.8. The van der Waals surface area contributed by atoms with E-state index in [4.69, 9.17) is 0 Å². The highest BCUT2D eigenvalue weighted by Crippen LogP contribution is 2.19. The van der Waals surface area contributed by atoms with E-state index < -0.39 is 0 Å². The smallest absolute Gasteiger partial charge is 0.224 e. The molecule has 0 bridgehead atoms. The van der Waals surface area contributed by atoms with E-state index in [1.807, 2.05) is 53.2 Å². The number of nitrogens with zero attached hydrogens (tertiary/aromatic N) is 3. The second-order valence-corrected chi connectivity index (χ2v) is 6.51. The molecule has 5 nitrogen and oxygen atoms in total. The van der Waals surface area contributed by atoms with E-state index in [0.717, 1.165) is 22.5 Å². The van der Waals surface area contributed by atoms with Crippen LogP contribution < -0.4 is 5.32 Å². The van der Waals surface area contributed by atoms with Gasteiger partial charge in [0.05, 0.1) is 6.42 Å². The van der Waals surface area contributed by atoms with Crippen LogP contribution in [0.25, 0.3) is 16.9 Å². The maximum atomic E-state index is 12.3. The van der Waals surface area contributed by atoms with Crippen LogP contribution in [-0.2, 0) is 17.8 Å². The van der Waals surface area contributed by atoms with Crippen molar-refractivity contribution in [2.75, 3.05) is 0 Å². The van der Waals surface area contributed by atoms with Gasteiger partial charge >= 0.3 is 0 Å². The summed E-state index contributed by atoms with van der Waals surface area (Å²) >= 11 is 0. The van der Waals surface area contributed by atoms with Crippen LogP contribution in [0, 0.1) is 0 Å². The first-order valence-electron chi connectivity index (χ1n) is 9.12. The molecular formula is C23H20N4O. The molecule has 138 valence electrons. The van der Waals surface area contributed by atoms with Crippen LogP contribution in [0.3, 0.4) is 0 Å². The molecule has 1 amide bonds. The summed E-state index contributed by atoms with van der Waals surface area (Å²) in [6.45, 7) is 0.456. The van der Waals surface area contributed by atoms with Crippen molar-refractivity contribution in [3.63, 3.8) is 0 Å². The molecule has 0 atom stereocenters. The lowest BCUT2D eigenvalue weighted by molar-refractivity contribution is -0.120. The van der Waals surface area contributed by atoms with Gasteiger partial charge in [-0.2, -0.15) is 0 Å². The third-order valence-electron chi connectivity index (χ3n) is 4.49. The number of hydrogen-bond acceptors (Lipinski definition) is 3. The second kappa shape index (κ2) is 8.31. The standard InChI is InChI=1S/C23H20N4O/c28-23(14-18-6-9-21(10-7-18)20-4-2-1-3-5-20)26-16-19-8-11-22(25-15-19)27-13-12-24-17-27/h1-13,15,17H,14,16H2,(H,26,28). The van der Waals surface area contributed by atoms with E-state index in [9.17, 15) is 4.79 Å². The summed E-state index contributed by atoms with van der Waals surface area (Å²) in [5.74, 6) is 0.789. The van der Waals surface area contributed by atoms with Gasteiger partial charge in [-0.3, -0.25) is 9.36 Å². The van der Waals surface area contributed by atoms with Gasteiger partial charge in [0.15, 0.2) is 0 Å². The average Bonchev–Trinajstić information content (AvgIpc) is 3.29. The van der Waals surface area contributed by atoms with Crippen LogP contribution >= 0.6 is 0 Å². The first kappa shape index (κ1) is 17.7. The van der Waals surface area contributed by atoms with Crippen molar-refractivity contribution < 1.29 is 4.79 Å². The number of pyridine rings is 1.